The Hall–Kier alpha value is -2.95. The van der Waals surface area contributed by atoms with Crippen molar-refractivity contribution in [3.05, 3.63) is 60.9 Å². The van der Waals surface area contributed by atoms with Crippen LogP contribution in [-0.4, -0.2) is 29.4 Å². The zero-order chi connectivity index (χ0) is 29.0. The normalized spacial score (nSPS) is 11.9. The first kappa shape index (κ1) is 32.6. The van der Waals surface area contributed by atoms with Gasteiger partial charge in [0.05, 0.1) is 6.61 Å². The number of hydrogen-bond donors (Lipinski definition) is 0. The van der Waals surface area contributed by atoms with Gasteiger partial charge in [0, 0.05) is 23.5 Å². The van der Waals surface area contributed by atoms with Crippen molar-refractivity contribution < 1.29 is 13.9 Å². The number of unbranched alkanes of at least 4 members (excludes halogenated alkanes) is 12. The Bertz CT molecular complexity index is 1050. The summed E-state index contributed by atoms with van der Waals surface area (Å²) in [6, 6.07) is 15.7. The third-order valence-corrected chi connectivity index (χ3v) is 7.52. The second-order valence-corrected chi connectivity index (χ2v) is 11.1. The van der Waals surface area contributed by atoms with Gasteiger partial charge in [-0.1, -0.05) is 109 Å². The Balaban J connectivity index is 1.36. The number of rotatable bonds is 22. The van der Waals surface area contributed by atoms with Gasteiger partial charge in [-0.2, -0.15) is 0 Å². The monoisotopic (exact) mass is 562 g/mol. The number of nitrogens with zero attached hydrogens (tertiary/aromatic N) is 2. The Labute approximate surface area is 248 Å². The fourth-order valence-corrected chi connectivity index (χ4v) is 4.91. The number of hydrogen-bond acceptors (Lipinski definition) is 4. The topological polar surface area (TPSA) is 44.2 Å². The highest BCUT2D eigenvalue weighted by Crippen LogP contribution is 2.25. The molecule has 0 spiro atoms. The van der Waals surface area contributed by atoms with Crippen molar-refractivity contribution in [2.24, 2.45) is 0 Å². The van der Waals surface area contributed by atoms with E-state index in [0.717, 1.165) is 48.3 Å². The van der Waals surface area contributed by atoms with E-state index in [1.807, 2.05) is 60.9 Å². The standard InChI is InChI=1S/C36H51FN2O2/c1-3-5-7-9-11-12-13-15-17-33(37)29-41-35-22-18-30(19-23-35)32-27-38-36(39-28-32)31-20-24-34(25-21-31)40-26-16-14-10-8-6-4-2/h18-25,27-28,33H,3-17,26,29H2,1-2H3. The van der Waals surface area contributed by atoms with Gasteiger partial charge in [0.15, 0.2) is 5.82 Å². The number of ether oxygens (including phenoxy) is 2. The van der Waals surface area contributed by atoms with Crippen LogP contribution in [0.25, 0.3) is 22.5 Å². The molecule has 1 atom stereocenters. The van der Waals surface area contributed by atoms with E-state index < -0.39 is 6.17 Å². The average molecular weight is 563 g/mol. The molecule has 0 aliphatic carbocycles. The Kier molecular flexibility index (Phi) is 15.9. The zero-order valence-corrected chi connectivity index (χ0v) is 25.5. The molecule has 3 rings (SSSR count). The lowest BCUT2D eigenvalue weighted by Gasteiger charge is -2.11. The molecule has 0 saturated heterocycles. The minimum absolute atomic E-state index is 0.108. The van der Waals surface area contributed by atoms with Crippen LogP contribution in [0.4, 0.5) is 4.39 Å². The summed E-state index contributed by atoms with van der Waals surface area (Å²) in [5.41, 5.74) is 2.88. The first-order valence-electron chi connectivity index (χ1n) is 16.1. The van der Waals surface area contributed by atoms with Crippen LogP contribution in [0.3, 0.4) is 0 Å². The fraction of sp³-hybridized carbons (Fsp3) is 0.556. The van der Waals surface area contributed by atoms with Crippen molar-refractivity contribution in [1.29, 1.82) is 0 Å². The summed E-state index contributed by atoms with van der Waals surface area (Å²) in [6.45, 7) is 5.34. The highest BCUT2D eigenvalue weighted by Gasteiger charge is 2.09. The number of benzene rings is 2. The van der Waals surface area contributed by atoms with Crippen LogP contribution >= 0.6 is 0 Å². The summed E-state index contributed by atoms with van der Waals surface area (Å²) in [7, 11) is 0. The fourth-order valence-electron chi connectivity index (χ4n) is 4.91. The predicted molar refractivity (Wildman–Crippen MR) is 169 cm³/mol. The van der Waals surface area contributed by atoms with E-state index in [0.29, 0.717) is 18.0 Å². The lowest BCUT2D eigenvalue weighted by molar-refractivity contribution is 0.184. The van der Waals surface area contributed by atoms with Gasteiger partial charge in [0.25, 0.3) is 0 Å². The molecule has 224 valence electrons. The van der Waals surface area contributed by atoms with E-state index in [1.54, 1.807) is 0 Å². The third kappa shape index (κ3) is 13.1. The molecule has 0 radical (unpaired) electrons. The maximum atomic E-state index is 14.3. The van der Waals surface area contributed by atoms with E-state index in [1.165, 1.54) is 70.6 Å². The Morgan fingerprint density at radius 3 is 1.63 bits per heavy atom. The van der Waals surface area contributed by atoms with Crippen LogP contribution in [0.5, 0.6) is 11.5 Å². The van der Waals surface area contributed by atoms with Crippen molar-refractivity contribution in [3.63, 3.8) is 0 Å². The lowest BCUT2D eigenvalue weighted by atomic mass is 10.1. The smallest absolute Gasteiger partial charge is 0.159 e. The van der Waals surface area contributed by atoms with Crippen LogP contribution in [0.1, 0.15) is 110 Å². The average Bonchev–Trinajstić information content (AvgIpc) is 3.01. The molecule has 2 aromatic carbocycles. The summed E-state index contributed by atoms with van der Waals surface area (Å²) in [5, 5.41) is 0. The molecule has 0 aliphatic heterocycles. The molecule has 0 amide bonds. The molecule has 3 aromatic rings. The van der Waals surface area contributed by atoms with Gasteiger partial charge >= 0.3 is 0 Å². The number of aromatic nitrogens is 2. The molecule has 1 aromatic heterocycles. The molecule has 0 saturated carbocycles. The van der Waals surface area contributed by atoms with Crippen LogP contribution in [-0.2, 0) is 0 Å². The first-order chi connectivity index (χ1) is 20.2. The maximum absolute atomic E-state index is 14.3. The summed E-state index contributed by atoms with van der Waals surface area (Å²) in [6.07, 6.45) is 20.7. The third-order valence-electron chi connectivity index (χ3n) is 7.52. The molecule has 0 fully saturated rings. The molecule has 1 unspecified atom stereocenters. The van der Waals surface area contributed by atoms with E-state index >= 15 is 0 Å². The largest absolute Gasteiger partial charge is 0.494 e. The number of halogens is 1. The van der Waals surface area contributed by atoms with Gasteiger partial charge in [0.2, 0.25) is 0 Å². The molecule has 0 bridgehead atoms. The zero-order valence-electron chi connectivity index (χ0n) is 25.5. The number of alkyl halides is 1. The molecular formula is C36H51FN2O2. The van der Waals surface area contributed by atoms with Gasteiger partial charge in [-0.25, -0.2) is 14.4 Å². The van der Waals surface area contributed by atoms with Gasteiger partial charge in [0.1, 0.15) is 24.3 Å². The highest BCUT2D eigenvalue weighted by molar-refractivity contribution is 5.64. The van der Waals surface area contributed by atoms with Crippen LogP contribution in [0.2, 0.25) is 0 Å². The maximum Gasteiger partial charge on any atom is 0.159 e. The van der Waals surface area contributed by atoms with Crippen molar-refractivity contribution in [2.45, 2.75) is 116 Å². The molecule has 0 aliphatic rings. The minimum atomic E-state index is -0.920. The second-order valence-electron chi connectivity index (χ2n) is 11.1. The van der Waals surface area contributed by atoms with Crippen molar-refractivity contribution in [2.75, 3.05) is 13.2 Å². The predicted octanol–water partition coefficient (Wildman–Crippen LogP) is 10.8. The van der Waals surface area contributed by atoms with E-state index in [-0.39, 0.29) is 6.61 Å². The van der Waals surface area contributed by atoms with E-state index in [4.69, 9.17) is 9.47 Å². The van der Waals surface area contributed by atoms with Crippen molar-refractivity contribution in [3.8, 4) is 34.0 Å². The van der Waals surface area contributed by atoms with Crippen LogP contribution in [0, 0.1) is 0 Å². The van der Waals surface area contributed by atoms with Gasteiger partial charge < -0.3 is 9.47 Å². The van der Waals surface area contributed by atoms with Crippen molar-refractivity contribution >= 4 is 0 Å². The molecule has 5 heteroatoms. The Morgan fingerprint density at radius 1 is 0.561 bits per heavy atom. The van der Waals surface area contributed by atoms with Gasteiger partial charge in [-0.15, -0.1) is 0 Å². The quantitative estimate of drug-likeness (QED) is 0.114. The summed E-state index contributed by atoms with van der Waals surface area (Å²) in [5.74, 6) is 2.25. The van der Waals surface area contributed by atoms with Crippen molar-refractivity contribution in [1.82, 2.24) is 9.97 Å². The molecule has 0 N–H and O–H groups in total. The SMILES string of the molecule is CCCCCCCCCCC(F)COc1ccc(-c2cnc(-c3ccc(OCCCCCCCC)cc3)nc2)cc1. The summed E-state index contributed by atoms with van der Waals surface area (Å²) in [4.78, 5) is 9.15. The first-order valence-corrected chi connectivity index (χ1v) is 16.1. The van der Waals surface area contributed by atoms with Gasteiger partial charge in [-0.3, -0.25) is 0 Å². The van der Waals surface area contributed by atoms with E-state index in [2.05, 4.69) is 23.8 Å². The molecule has 41 heavy (non-hydrogen) atoms. The minimum Gasteiger partial charge on any atom is -0.494 e. The Morgan fingerprint density at radius 2 is 1.05 bits per heavy atom. The molecule has 1 heterocycles. The highest BCUT2D eigenvalue weighted by atomic mass is 19.1. The van der Waals surface area contributed by atoms with Gasteiger partial charge in [-0.05, 0) is 54.8 Å². The van der Waals surface area contributed by atoms with Crippen LogP contribution < -0.4 is 9.47 Å². The lowest BCUT2D eigenvalue weighted by Crippen LogP contribution is -2.12. The summed E-state index contributed by atoms with van der Waals surface area (Å²) >= 11 is 0. The molecule has 4 nitrogen and oxygen atoms in total. The van der Waals surface area contributed by atoms with Crippen LogP contribution in [0.15, 0.2) is 60.9 Å². The second kappa shape index (κ2) is 20.0. The summed E-state index contributed by atoms with van der Waals surface area (Å²) < 4.78 is 25.9. The van der Waals surface area contributed by atoms with E-state index in [9.17, 15) is 4.39 Å². The molecular weight excluding hydrogens is 511 g/mol.